The summed E-state index contributed by atoms with van der Waals surface area (Å²) >= 11 is 0. The molecule has 1 aromatic carbocycles. The number of benzene rings is 1. The number of amides is 1. The van der Waals surface area contributed by atoms with Crippen LogP contribution in [0.2, 0.25) is 0 Å². The first-order chi connectivity index (χ1) is 11.6. The minimum Gasteiger partial charge on any atom is -0.423 e. The number of nitrogens with one attached hydrogen (secondary N) is 1. The largest absolute Gasteiger partial charge is 0.489 e. The molecule has 3 N–H and O–H groups in total. The van der Waals surface area contributed by atoms with E-state index in [-0.39, 0.29) is 22.9 Å². The van der Waals surface area contributed by atoms with E-state index in [0.29, 0.717) is 0 Å². The molecule has 0 fully saturated rings. The van der Waals surface area contributed by atoms with E-state index >= 15 is 0 Å². The maximum atomic E-state index is 13.3. The van der Waals surface area contributed by atoms with Gasteiger partial charge in [0, 0.05) is 30.6 Å². The van der Waals surface area contributed by atoms with Crippen LogP contribution in [0.25, 0.3) is 0 Å². The van der Waals surface area contributed by atoms with Crippen molar-refractivity contribution in [1.29, 1.82) is 0 Å². The van der Waals surface area contributed by atoms with E-state index in [1.165, 1.54) is 19.4 Å². The van der Waals surface area contributed by atoms with Crippen LogP contribution in [0.1, 0.15) is 32.6 Å². The molecule has 11 heteroatoms. The Morgan fingerprint density at radius 1 is 1.40 bits per heavy atom. The second kappa shape index (κ2) is 7.07. The first-order valence-corrected chi connectivity index (χ1v) is 6.95. The predicted molar refractivity (Wildman–Crippen MR) is 81.1 cm³/mol. The monoisotopic (exact) mass is 355 g/mol. The Bertz CT molecular complexity index is 792. The standard InChI is InChI=1S/C14H13BF3N3O4/c1-21-5-4-19-12(21)11(14(16,17)18)20-13(23)8-2-3-10(15(24)25)9(6-8)7-22/h2-7,11,24-25H,1H3,(H,20,23). The lowest BCUT2D eigenvalue weighted by molar-refractivity contribution is -0.157. The average Bonchev–Trinajstić information content (AvgIpc) is 2.96. The number of carbonyl (C=O) groups is 2. The summed E-state index contributed by atoms with van der Waals surface area (Å²) in [6.45, 7) is 0. The Balaban J connectivity index is 2.33. The van der Waals surface area contributed by atoms with Gasteiger partial charge < -0.3 is 19.9 Å². The molecule has 1 atom stereocenters. The number of aldehydes is 1. The van der Waals surface area contributed by atoms with Crippen molar-refractivity contribution < 1.29 is 32.8 Å². The molecule has 25 heavy (non-hydrogen) atoms. The van der Waals surface area contributed by atoms with Gasteiger partial charge in [-0.15, -0.1) is 0 Å². The zero-order chi connectivity index (χ0) is 18.8. The van der Waals surface area contributed by atoms with Gasteiger partial charge in [0.2, 0.25) is 0 Å². The minimum atomic E-state index is -4.79. The van der Waals surface area contributed by atoms with Crippen LogP contribution in [-0.2, 0) is 7.05 Å². The third kappa shape index (κ3) is 4.06. The Hall–Kier alpha value is -2.66. The maximum absolute atomic E-state index is 13.3. The molecule has 132 valence electrons. The first-order valence-electron chi connectivity index (χ1n) is 6.95. The highest BCUT2D eigenvalue weighted by atomic mass is 19.4. The molecule has 1 unspecified atom stereocenters. The fraction of sp³-hybridized carbons (Fsp3) is 0.214. The molecule has 1 amide bonds. The number of aryl methyl sites for hydroxylation is 1. The maximum Gasteiger partial charge on any atom is 0.489 e. The third-order valence-electron chi connectivity index (χ3n) is 3.47. The summed E-state index contributed by atoms with van der Waals surface area (Å²) in [5.41, 5.74) is -0.624. The number of halogens is 3. The molecule has 0 radical (unpaired) electrons. The highest BCUT2D eigenvalue weighted by Crippen LogP contribution is 2.31. The molecular formula is C14H13BF3N3O4. The van der Waals surface area contributed by atoms with Gasteiger partial charge in [-0.2, -0.15) is 13.2 Å². The van der Waals surface area contributed by atoms with Crippen molar-refractivity contribution in [2.45, 2.75) is 12.2 Å². The topological polar surface area (TPSA) is 104 Å². The van der Waals surface area contributed by atoms with Gasteiger partial charge in [-0.1, -0.05) is 6.07 Å². The van der Waals surface area contributed by atoms with E-state index < -0.39 is 31.1 Å². The summed E-state index contributed by atoms with van der Waals surface area (Å²) in [5.74, 6) is -1.49. The van der Waals surface area contributed by atoms with E-state index in [9.17, 15) is 22.8 Å². The molecule has 1 aromatic heterocycles. The van der Waals surface area contributed by atoms with Gasteiger partial charge in [-0.3, -0.25) is 9.59 Å². The van der Waals surface area contributed by atoms with E-state index in [2.05, 4.69) is 4.98 Å². The number of aromatic nitrogens is 2. The van der Waals surface area contributed by atoms with Gasteiger partial charge in [0.15, 0.2) is 6.04 Å². The Morgan fingerprint density at radius 2 is 2.08 bits per heavy atom. The molecule has 1 heterocycles. The SMILES string of the molecule is Cn1ccnc1C(NC(=O)c1ccc(B(O)O)c(C=O)c1)C(F)(F)F. The number of imidazole rings is 1. The smallest absolute Gasteiger partial charge is 0.423 e. The molecule has 0 aliphatic carbocycles. The Morgan fingerprint density at radius 3 is 2.56 bits per heavy atom. The van der Waals surface area contributed by atoms with Crippen molar-refractivity contribution in [2.75, 3.05) is 0 Å². The van der Waals surface area contributed by atoms with Crippen LogP contribution in [0.15, 0.2) is 30.6 Å². The summed E-state index contributed by atoms with van der Waals surface area (Å²) in [5, 5.41) is 20.0. The van der Waals surface area contributed by atoms with Crippen LogP contribution in [0.3, 0.4) is 0 Å². The first kappa shape index (κ1) is 18.7. The van der Waals surface area contributed by atoms with E-state index in [0.717, 1.165) is 22.8 Å². The molecule has 0 saturated heterocycles. The van der Waals surface area contributed by atoms with Crippen molar-refractivity contribution >= 4 is 24.8 Å². The van der Waals surface area contributed by atoms with Crippen LogP contribution < -0.4 is 10.8 Å². The summed E-state index contributed by atoms with van der Waals surface area (Å²) in [6.07, 6.45) is -2.04. The normalized spacial score (nSPS) is 12.6. The van der Waals surface area contributed by atoms with Crippen LogP contribution >= 0.6 is 0 Å². The van der Waals surface area contributed by atoms with Crippen molar-refractivity contribution in [1.82, 2.24) is 14.9 Å². The predicted octanol–water partition coefficient (Wildman–Crippen LogP) is -0.0542. The van der Waals surface area contributed by atoms with Crippen molar-refractivity contribution in [3.63, 3.8) is 0 Å². The second-order valence-electron chi connectivity index (χ2n) is 5.18. The van der Waals surface area contributed by atoms with Crippen LogP contribution in [0.5, 0.6) is 0 Å². The lowest BCUT2D eigenvalue weighted by Crippen LogP contribution is -2.40. The molecule has 0 aliphatic rings. The summed E-state index contributed by atoms with van der Waals surface area (Å²) < 4.78 is 40.9. The quantitative estimate of drug-likeness (QED) is 0.515. The number of nitrogens with zero attached hydrogens (tertiary/aromatic N) is 2. The Kier molecular flexibility index (Phi) is 5.28. The van der Waals surface area contributed by atoms with Gasteiger partial charge in [0.25, 0.3) is 5.91 Å². The zero-order valence-corrected chi connectivity index (χ0v) is 12.9. The highest BCUT2D eigenvalue weighted by molar-refractivity contribution is 6.60. The number of hydrogen-bond donors (Lipinski definition) is 3. The fourth-order valence-corrected chi connectivity index (χ4v) is 2.22. The fourth-order valence-electron chi connectivity index (χ4n) is 2.22. The van der Waals surface area contributed by atoms with Crippen molar-refractivity contribution in [3.05, 3.63) is 47.5 Å². The summed E-state index contributed by atoms with van der Waals surface area (Å²) in [6, 6.07) is 0.793. The van der Waals surface area contributed by atoms with Gasteiger partial charge in [-0.05, 0) is 17.6 Å². The van der Waals surface area contributed by atoms with Crippen LogP contribution in [0, 0.1) is 0 Å². The molecule has 2 rings (SSSR count). The van der Waals surface area contributed by atoms with Gasteiger partial charge >= 0.3 is 13.3 Å². The molecule has 0 aliphatic heterocycles. The molecule has 2 aromatic rings. The minimum absolute atomic E-state index is 0.164. The third-order valence-corrected chi connectivity index (χ3v) is 3.47. The highest BCUT2D eigenvalue weighted by Gasteiger charge is 2.44. The van der Waals surface area contributed by atoms with Crippen molar-refractivity contribution in [3.8, 4) is 0 Å². The van der Waals surface area contributed by atoms with Gasteiger partial charge in [0.05, 0.1) is 0 Å². The number of hydrogen-bond acceptors (Lipinski definition) is 5. The number of alkyl halides is 3. The molecule has 7 nitrogen and oxygen atoms in total. The van der Waals surface area contributed by atoms with Gasteiger partial charge in [-0.25, -0.2) is 4.98 Å². The average molecular weight is 355 g/mol. The summed E-state index contributed by atoms with van der Waals surface area (Å²) in [4.78, 5) is 26.7. The summed E-state index contributed by atoms with van der Waals surface area (Å²) in [7, 11) is -0.595. The second-order valence-corrected chi connectivity index (χ2v) is 5.18. The van der Waals surface area contributed by atoms with Gasteiger partial charge in [0.1, 0.15) is 12.1 Å². The van der Waals surface area contributed by atoms with E-state index in [1.54, 1.807) is 0 Å². The zero-order valence-electron chi connectivity index (χ0n) is 12.9. The lowest BCUT2D eigenvalue weighted by Gasteiger charge is -2.21. The van der Waals surface area contributed by atoms with E-state index in [1.807, 2.05) is 5.32 Å². The molecule has 0 bridgehead atoms. The number of rotatable bonds is 5. The molecule has 0 spiro atoms. The number of carbonyl (C=O) groups excluding carboxylic acids is 2. The Labute approximate surface area is 140 Å². The van der Waals surface area contributed by atoms with Crippen LogP contribution in [0.4, 0.5) is 13.2 Å². The molecular weight excluding hydrogens is 342 g/mol. The molecule has 0 saturated carbocycles. The van der Waals surface area contributed by atoms with Crippen molar-refractivity contribution in [2.24, 2.45) is 7.05 Å². The van der Waals surface area contributed by atoms with Crippen LogP contribution in [-0.4, -0.2) is 45.1 Å². The van der Waals surface area contributed by atoms with E-state index in [4.69, 9.17) is 10.0 Å². The lowest BCUT2D eigenvalue weighted by atomic mass is 9.77.